The van der Waals surface area contributed by atoms with Gasteiger partial charge in [0.2, 0.25) is 0 Å². The molecule has 0 atom stereocenters. The van der Waals surface area contributed by atoms with Crippen LogP contribution in [0, 0.1) is 0 Å². The summed E-state index contributed by atoms with van der Waals surface area (Å²) in [5.41, 5.74) is 2.86. The van der Waals surface area contributed by atoms with Crippen LogP contribution in [-0.4, -0.2) is 0 Å². The van der Waals surface area contributed by atoms with Crippen molar-refractivity contribution in [2.45, 2.75) is 104 Å². The fourth-order valence-corrected chi connectivity index (χ4v) is 11.0. The zero-order chi connectivity index (χ0) is 31.3. The molecule has 0 fully saturated rings. The van der Waals surface area contributed by atoms with E-state index in [-0.39, 0.29) is 0 Å². The number of unbranched alkanes of at least 4 members (excludes halogenated alkanes) is 10. The number of hydrogen-bond acceptors (Lipinski definition) is 4. The summed E-state index contributed by atoms with van der Waals surface area (Å²) in [6.07, 6.45) is 18.6. The first-order chi connectivity index (χ1) is 22.7. The first-order valence-electron chi connectivity index (χ1n) is 17.7. The van der Waals surface area contributed by atoms with Crippen molar-refractivity contribution in [2.75, 3.05) is 0 Å². The molecule has 4 heteroatoms. The molecule has 0 aliphatic carbocycles. The molecular weight excluding hydrogens is 633 g/mol. The second-order valence-electron chi connectivity index (χ2n) is 13.0. The van der Waals surface area contributed by atoms with Gasteiger partial charge in [-0.15, -0.1) is 45.3 Å². The number of aryl methyl sites for hydroxylation is 2. The van der Waals surface area contributed by atoms with Gasteiger partial charge in [0.25, 0.3) is 0 Å². The van der Waals surface area contributed by atoms with E-state index < -0.39 is 0 Å². The van der Waals surface area contributed by atoms with Gasteiger partial charge in [0.1, 0.15) is 0 Å². The van der Waals surface area contributed by atoms with Crippen molar-refractivity contribution < 1.29 is 0 Å². The highest BCUT2D eigenvalue weighted by molar-refractivity contribution is 7.18. The molecule has 238 valence electrons. The summed E-state index contributed by atoms with van der Waals surface area (Å²) in [6.45, 7) is 4.60. The van der Waals surface area contributed by atoms with E-state index in [1.165, 1.54) is 162 Å². The molecule has 0 spiro atoms. The molecule has 4 heterocycles. The average molecular weight is 679 g/mol. The van der Waals surface area contributed by atoms with Gasteiger partial charge >= 0.3 is 0 Å². The highest BCUT2D eigenvalue weighted by atomic mass is 32.1. The summed E-state index contributed by atoms with van der Waals surface area (Å²) in [6, 6.07) is 24.3. The highest BCUT2D eigenvalue weighted by Gasteiger charge is 2.21. The molecule has 0 saturated carbocycles. The van der Waals surface area contributed by atoms with Crippen molar-refractivity contribution in [2.24, 2.45) is 0 Å². The Hall–Kier alpha value is -2.50. The Morgan fingerprint density at radius 2 is 0.848 bits per heavy atom. The van der Waals surface area contributed by atoms with Crippen molar-refractivity contribution >= 4 is 87.1 Å². The minimum absolute atomic E-state index is 1.20. The van der Waals surface area contributed by atoms with Crippen LogP contribution in [0.25, 0.3) is 62.6 Å². The Bertz CT molecular complexity index is 1810. The van der Waals surface area contributed by atoms with E-state index in [9.17, 15) is 0 Å². The first-order valence-corrected chi connectivity index (χ1v) is 21.1. The van der Waals surface area contributed by atoms with E-state index >= 15 is 0 Å². The third kappa shape index (κ3) is 6.88. The maximum atomic E-state index is 2.50. The third-order valence-corrected chi connectivity index (χ3v) is 13.7. The standard InChI is InChI=1S/C42H46S4/c1-3-5-7-9-11-13-15-31-17-19-37(45-31)41-33-25-29-21-23-43-39(29)27-35(33)42(36-28-40-30(22-24-44-40)26-34(36)41)38-20-18-32(46-38)16-14-12-10-8-6-4-2/h17-28H,3-16H2,1-2H3. The molecule has 4 aromatic heterocycles. The summed E-state index contributed by atoms with van der Waals surface area (Å²) >= 11 is 7.80. The lowest BCUT2D eigenvalue weighted by Crippen LogP contribution is -1.89. The molecule has 0 radical (unpaired) electrons. The van der Waals surface area contributed by atoms with Crippen LogP contribution in [0.5, 0.6) is 0 Å². The van der Waals surface area contributed by atoms with Gasteiger partial charge in [-0.25, -0.2) is 0 Å². The monoisotopic (exact) mass is 678 g/mol. The molecule has 0 unspecified atom stereocenters. The number of rotatable bonds is 16. The summed E-state index contributed by atoms with van der Waals surface area (Å²) in [7, 11) is 0. The molecule has 0 saturated heterocycles. The Balaban J connectivity index is 1.32. The summed E-state index contributed by atoms with van der Waals surface area (Å²) in [5.74, 6) is 0. The molecule has 0 aliphatic heterocycles. The van der Waals surface area contributed by atoms with Gasteiger partial charge in [-0.2, -0.15) is 0 Å². The normalized spacial score (nSPS) is 12.0. The zero-order valence-corrected chi connectivity index (χ0v) is 30.7. The topological polar surface area (TPSA) is 0 Å². The van der Waals surface area contributed by atoms with Crippen molar-refractivity contribution in [3.8, 4) is 20.9 Å². The van der Waals surface area contributed by atoms with Gasteiger partial charge in [-0.1, -0.05) is 78.1 Å². The molecule has 7 rings (SSSR count). The lowest BCUT2D eigenvalue weighted by Gasteiger charge is -2.17. The lowest BCUT2D eigenvalue weighted by atomic mass is 9.89. The molecule has 0 N–H and O–H groups in total. The van der Waals surface area contributed by atoms with Gasteiger partial charge in [0.15, 0.2) is 0 Å². The largest absolute Gasteiger partial charge is 0.144 e. The summed E-state index contributed by atoms with van der Waals surface area (Å²) in [4.78, 5) is 5.90. The molecular formula is C42H46S4. The van der Waals surface area contributed by atoms with Gasteiger partial charge in [0, 0.05) is 40.0 Å². The minimum Gasteiger partial charge on any atom is -0.144 e. The predicted octanol–water partition coefficient (Wildman–Crippen LogP) is 15.7. The molecule has 0 aliphatic rings. The number of benzene rings is 3. The fraction of sp³-hybridized carbons (Fsp3) is 0.381. The van der Waals surface area contributed by atoms with Gasteiger partial charge in [-0.05, 0) is 129 Å². The molecule has 0 bridgehead atoms. The molecule has 0 amide bonds. The first kappa shape index (κ1) is 32.1. The summed E-state index contributed by atoms with van der Waals surface area (Å²) < 4.78 is 2.77. The second-order valence-corrected chi connectivity index (χ2v) is 17.3. The molecule has 46 heavy (non-hydrogen) atoms. The number of fused-ring (bicyclic) bond motifs is 4. The van der Waals surface area contributed by atoms with E-state index in [2.05, 4.69) is 85.3 Å². The SMILES string of the molecule is CCCCCCCCc1ccc(-c2c3cc4ccsc4cc3c(-c3ccc(CCCCCCCC)s3)c3cc4sccc4cc23)s1. The Morgan fingerprint density at radius 3 is 1.30 bits per heavy atom. The van der Waals surface area contributed by atoms with Crippen LogP contribution in [0.3, 0.4) is 0 Å². The Morgan fingerprint density at radius 1 is 0.435 bits per heavy atom. The van der Waals surface area contributed by atoms with E-state index in [0.717, 1.165) is 0 Å². The van der Waals surface area contributed by atoms with Crippen molar-refractivity contribution in [1.29, 1.82) is 0 Å². The molecule has 3 aromatic carbocycles. The Labute approximate surface area is 291 Å². The molecule has 0 nitrogen and oxygen atoms in total. The number of thiophene rings is 4. The van der Waals surface area contributed by atoms with Crippen LogP contribution >= 0.6 is 45.3 Å². The van der Waals surface area contributed by atoms with Crippen LogP contribution in [0.1, 0.15) is 101 Å². The third-order valence-electron chi connectivity index (χ3n) is 9.63. The zero-order valence-electron chi connectivity index (χ0n) is 27.5. The van der Waals surface area contributed by atoms with E-state index in [4.69, 9.17) is 0 Å². The van der Waals surface area contributed by atoms with Crippen molar-refractivity contribution in [1.82, 2.24) is 0 Å². The van der Waals surface area contributed by atoms with Crippen LogP contribution in [0.2, 0.25) is 0 Å². The van der Waals surface area contributed by atoms with E-state index in [0.29, 0.717) is 0 Å². The smallest absolute Gasteiger partial charge is 0.0358 e. The van der Waals surface area contributed by atoms with Crippen molar-refractivity contribution in [3.05, 3.63) is 81.2 Å². The van der Waals surface area contributed by atoms with E-state index in [1.54, 1.807) is 0 Å². The maximum absolute atomic E-state index is 2.50. The van der Waals surface area contributed by atoms with Crippen LogP contribution < -0.4 is 0 Å². The van der Waals surface area contributed by atoms with Gasteiger partial charge in [-0.3, -0.25) is 0 Å². The van der Waals surface area contributed by atoms with Crippen LogP contribution in [0.15, 0.2) is 71.4 Å². The van der Waals surface area contributed by atoms with Crippen LogP contribution in [-0.2, 0) is 12.8 Å². The maximum Gasteiger partial charge on any atom is 0.0358 e. The quantitative estimate of drug-likeness (QED) is 0.0705. The highest BCUT2D eigenvalue weighted by Crippen LogP contribution is 2.49. The predicted molar refractivity (Wildman–Crippen MR) is 213 cm³/mol. The second kappa shape index (κ2) is 15.2. The van der Waals surface area contributed by atoms with Crippen LogP contribution in [0.4, 0.5) is 0 Å². The lowest BCUT2D eigenvalue weighted by molar-refractivity contribution is 0.609. The van der Waals surface area contributed by atoms with Crippen molar-refractivity contribution in [3.63, 3.8) is 0 Å². The van der Waals surface area contributed by atoms with Gasteiger partial charge in [0.05, 0.1) is 0 Å². The minimum atomic E-state index is 1.20. The van der Waals surface area contributed by atoms with Gasteiger partial charge < -0.3 is 0 Å². The van der Waals surface area contributed by atoms with E-state index in [1.807, 2.05) is 45.3 Å². The summed E-state index contributed by atoms with van der Waals surface area (Å²) in [5, 5.41) is 12.9. The molecule has 7 aromatic rings. The number of hydrogen-bond donors (Lipinski definition) is 0. The Kier molecular flexibility index (Phi) is 10.6. The average Bonchev–Trinajstić information content (AvgIpc) is 3.89. The fourth-order valence-electron chi connectivity index (χ4n) is 7.12.